The molecule has 1 fully saturated rings. The van der Waals surface area contributed by atoms with E-state index >= 15 is 0 Å². The summed E-state index contributed by atoms with van der Waals surface area (Å²) in [5, 5.41) is 6.22. The predicted octanol–water partition coefficient (Wildman–Crippen LogP) is 3.79. The lowest BCUT2D eigenvalue weighted by Crippen LogP contribution is -2.20. The number of aryl methyl sites for hydroxylation is 1. The van der Waals surface area contributed by atoms with Crippen LogP contribution < -0.4 is 15.4 Å². The highest BCUT2D eigenvalue weighted by atomic mass is 16.5. The first-order chi connectivity index (χ1) is 12.2. The van der Waals surface area contributed by atoms with Crippen molar-refractivity contribution in [1.82, 2.24) is 9.97 Å². The van der Waals surface area contributed by atoms with Crippen LogP contribution in [0.4, 0.5) is 11.6 Å². The van der Waals surface area contributed by atoms with Gasteiger partial charge in [0.25, 0.3) is 5.91 Å². The van der Waals surface area contributed by atoms with E-state index in [0.29, 0.717) is 35.7 Å². The second-order valence-corrected chi connectivity index (χ2v) is 6.23. The third-order valence-corrected chi connectivity index (χ3v) is 4.21. The standard InChI is InChI=1S/C19H24N4O2/c1-3-25-17-11-7-6-10-15(17)22-18(24)16-12-13(2)20-19(23-16)21-14-8-4-5-9-14/h6-7,10-12,14H,3-5,8-9H2,1-2H3,(H,22,24)(H,20,21,23). The summed E-state index contributed by atoms with van der Waals surface area (Å²) in [4.78, 5) is 21.4. The summed E-state index contributed by atoms with van der Waals surface area (Å²) in [6, 6.07) is 9.47. The molecule has 1 aromatic heterocycles. The fraction of sp³-hybridized carbons (Fsp3) is 0.421. The van der Waals surface area contributed by atoms with Crippen molar-refractivity contribution in [2.75, 3.05) is 17.2 Å². The highest BCUT2D eigenvalue weighted by Crippen LogP contribution is 2.24. The number of ether oxygens (including phenoxy) is 1. The second-order valence-electron chi connectivity index (χ2n) is 6.23. The molecule has 0 spiro atoms. The van der Waals surface area contributed by atoms with Crippen molar-refractivity contribution in [3.8, 4) is 5.75 Å². The average Bonchev–Trinajstić information content (AvgIpc) is 3.09. The van der Waals surface area contributed by atoms with E-state index in [1.54, 1.807) is 6.07 Å². The number of nitrogens with one attached hydrogen (secondary N) is 2. The molecule has 0 atom stereocenters. The molecule has 0 saturated heterocycles. The van der Waals surface area contributed by atoms with Crippen LogP contribution in [0.5, 0.6) is 5.75 Å². The molecule has 1 amide bonds. The van der Waals surface area contributed by atoms with Gasteiger partial charge < -0.3 is 15.4 Å². The van der Waals surface area contributed by atoms with Gasteiger partial charge in [0.2, 0.25) is 5.95 Å². The minimum absolute atomic E-state index is 0.271. The van der Waals surface area contributed by atoms with Gasteiger partial charge in [-0.15, -0.1) is 0 Å². The maximum Gasteiger partial charge on any atom is 0.274 e. The molecule has 2 aromatic rings. The van der Waals surface area contributed by atoms with Gasteiger partial charge in [0.1, 0.15) is 11.4 Å². The molecule has 2 N–H and O–H groups in total. The lowest BCUT2D eigenvalue weighted by molar-refractivity contribution is 0.102. The van der Waals surface area contributed by atoms with Crippen molar-refractivity contribution in [3.63, 3.8) is 0 Å². The summed E-state index contributed by atoms with van der Waals surface area (Å²) >= 11 is 0. The number of anilines is 2. The molecule has 3 rings (SSSR count). The van der Waals surface area contributed by atoms with E-state index < -0.39 is 0 Å². The van der Waals surface area contributed by atoms with Gasteiger partial charge in [-0.05, 0) is 44.9 Å². The molecule has 1 heterocycles. The van der Waals surface area contributed by atoms with Crippen molar-refractivity contribution >= 4 is 17.5 Å². The molecule has 1 aromatic carbocycles. The van der Waals surface area contributed by atoms with E-state index in [2.05, 4.69) is 20.6 Å². The fourth-order valence-corrected chi connectivity index (χ4v) is 3.04. The first kappa shape index (κ1) is 17.2. The van der Waals surface area contributed by atoms with Crippen LogP contribution in [0, 0.1) is 6.92 Å². The molecule has 25 heavy (non-hydrogen) atoms. The van der Waals surface area contributed by atoms with E-state index in [4.69, 9.17) is 4.74 Å². The molecule has 1 saturated carbocycles. The van der Waals surface area contributed by atoms with Gasteiger partial charge >= 0.3 is 0 Å². The number of nitrogens with zero attached hydrogens (tertiary/aromatic N) is 2. The van der Waals surface area contributed by atoms with Crippen LogP contribution in [0.3, 0.4) is 0 Å². The van der Waals surface area contributed by atoms with Crippen molar-refractivity contribution in [2.45, 2.75) is 45.6 Å². The van der Waals surface area contributed by atoms with Crippen LogP contribution in [0.2, 0.25) is 0 Å². The molecule has 1 aliphatic rings. The number of carbonyl (C=O) groups is 1. The summed E-state index contributed by atoms with van der Waals surface area (Å²) < 4.78 is 5.55. The van der Waals surface area contributed by atoms with Crippen LogP contribution >= 0.6 is 0 Å². The van der Waals surface area contributed by atoms with Crippen LogP contribution in [0.25, 0.3) is 0 Å². The van der Waals surface area contributed by atoms with E-state index in [-0.39, 0.29) is 5.91 Å². The minimum atomic E-state index is -0.271. The third kappa shape index (κ3) is 4.47. The van der Waals surface area contributed by atoms with Crippen molar-refractivity contribution < 1.29 is 9.53 Å². The molecule has 0 aliphatic heterocycles. The number of rotatable bonds is 6. The van der Waals surface area contributed by atoms with E-state index in [9.17, 15) is 4.79 Å². The highest BCUT2D eigenvalue weighted by Gasteiger charge is 2.18. The van der Waals surface area contributed by atoms with Crippen molar-refractivity contribution in [1.29, 1.82) is 0 Å². The monoisotopic (exact) mass is 340 g/mol. The maximum atomic E-state index is 12.6. The Kier molecular flexibility index (Phi) is 5.48. The zero-order valence-corrected chi connectivity index (χ0v) is 14.7. The topological polar surface area (TPSA) is 76.1 Å². The predicted molar refractivity (Wildman–Crippen MR) is 98.2 cm³/mol. The Balaban J connectivity index is 1.76. The Morgan fingerprint density at radius 2 is 2.00 bits per heavy atom. The van der Waals surface area contributed by atoms with Crippen molar-refractivity contribution in [3.05, 3.63) is 41.7 Å². The van der Waals surface area contributed by atoms with Gasteiger partial charge in [-0.1, -0.05) is 25.0 Å². The van der Waals surface area contributed by atoms with Crippen LogP contribution in [-0.4, -0.2) is 28.5 Å². The van der Waals surface area contributed by atoms with Crippen molar-refractivity contribution in [2.24, 2.45) is 0 Å². The molecule has 0 unspecified atom stereocenters. The summed E-state index contributed by atoms with van der Waals surface area (Å²) in [5.41, 5.74) is 1.74. The fourth-order valence-electron chi connectivity index (χ4n) is 3.04. The van der Waals surface area contributed by atoms with Gasteiger partial charge in [0, 0.05) is 11.7 Å². The Labute approximate surface area is 148 Å². The van der Waals surface area contributed by atoms with Crippen LogP contribution in [-0.2, 0) is 0 Å². The molecular weight excluding hydrogens is 316 g/mol. The Morgan fingerprint density at radius 1 is 1.24 bits per heavy atom. The Bertz CT molecular complexity index is 742. The molecule has 0 bridgehead atoms. The van der Waals surface area contributed by atoms with Gasteiger partial charge in [-0.3, -0.25) is 4.79 Å². The number of benzene rings is 1. The lowest BCUT2D eigenvalue weighted by atomic mass is 10.2. The lowest BCUT2D eigenvalue weighted by Gasteiger charge is -2.14. The van der Waals surface area contributed by atoms with E-state index in [1.807, 2.05) is 38.1 Å². The summed E-state index contributed by atoms with van der Waals surface area (Å²) in [6.07, 6.45) is 4.71. The largest absolute Gasteiger partial charge is 0.492 e. The molecular formula is C19H24N4O2. The zero-order valence-electron chi connectivity index (χ0n) is 14.7. The minimum Gasteiger partial charge on any atom is -0.492 e. The quantitative estimate of drug-likeness (QED) is 0.837. The third-order valence-electron chi connectivity index (χ3n) is 4.21. The normalized spacial score (nSPS) is 14.3. The number of para-hydroxylation sites is 2. The van der Waals surface area contributed by atoms with Crippen LogP contribution in [0.15, 0.2) is 30.3 Å². The summed E-state index contributed by atoms with van der Waals surface area (Å²) in [7, 11) is 0. The number of aromatic nitrogens is 2. The Hall–Kier alpha value is -2.63. The molecule has 6 nitrogen and oxygen atoms in total. The second kappa shape index (κ2) is 7.96. The van der Waals surface area contributed by atoms with Gasteiger partial charge in [-0.2, -0.15) is 0 Å². The number of carbonyl (C=O) groups excluding carboxylic acids is 1. The average molecular weight is 340 g/mol. The summed E-state index contributed by atoms with van der Waals surface area (Å²) in [6.45, 7) is 4.31. The molecule has 132 valence electrons. The maximum absolute atomic E-state index is 12.6. The molecule has 0 radical (unpaired) electrons. The smallest absolute Gasteiger partial charge is 0.274 e. The first-order valence-corrected chi connectivity index (χ1v) is 8.81. The summed E-state index contributed by atoms with van der Waals surface area (Å²) in [5.74, 6) is 0.899. The van der Waals surface area contributed by atoms with Gasteiger partial charge in [-0.25, -0.2) is 9.97 Å². The number of hydrogen-bond donors (Lipinski definition) is 2. The SMILES string of the molecule is CCOc1ccccc1NC(=O)c1cc(C)nc(NC2CCCC2)n1. The molecule has 6 heteroatoms. The first-order valence-electron chi connectivity index (χ1n) is 8.81. The highest BCUT2D eigenvalue weighted by molar-refractivity contribution is 6.03. The zero-order chi connectivity index (χ0) is 17.6. The van der Waals surface area contributed by atoms with Crippen LogP contribution in [0.1, 0.15) is 48.8 Å². The van der Waals surface area contributed by atoms with Gasteiger partial charge in [0.15, 0.2) is 0 Å². The molecule has 1 aliphatic carbocycles. The number of hydrogen-bond acceptors (Lipinski definition) is 5. The Morgan fingerprint density at radius 3 is 2.76 bits per heavy atom. The van der Waals surface area contributed by atoms with E-state index in [0.717, 1.165) is 18.5 Å². The van der Waals surface area contributed by atoms with E-state index in [1.165, 1.54) is 12.8 Å². The van der Waals surface area contributed by atoms with Gasteiger partial charge in [0.05, 0.1) is 12.3 Å². The number of amides is 1.